The van der Waals surface area contributed by atoms with E-state index in [-0.39, 0.29) is 10.5 Å². The molecule has 0 spiro atoms. The van der Waals surface area contributed by atoms with E-state index in [1.54, 1.807) is 51.3 Å². The second kappa shape index (κ2) is 10.6. The van der Waals surface area contributed by atoms with Crippen LogP contribution in [0.2, 0.25) is 0 Å². The number of ether oxygens (including phenoxy) is 1. The van der Waals surface area contributed by atoms with Gasteiger partial charge >= 0.3 is 0 Å². The average molecular weight is 432 g/mol. The van der Waals surface area contributed by atoms with Crippen LogP contribution in [-0.2, 0) is 14.8 Å². The average Bonchev–Trinajstić information content (AvgIpc) is 2.77. The Balaban J connectivity index is 2.00. The molecule has 9 heteroatoms. The largest absolute Gasteiger partial charge is 0.497 e. The Bertz CT molecular complexity index is 1010. The van der Waals surface area contributed by atoms with Gasteiger partial charge in [0.25, 0.3) is 11.8 Å². The second-order valence-corrected chi connectivity index (χ2v) is 8.10. The number of hydrogen-bond acceptors (Lipinski definition) is 5. The molecule has 0 saturated heterocycles. The number of nitrogens with zero attached hydrogens (tertiary/aromatic N) is 1. The Morgan fingerprint density at radius 3 is 2.30 bits per heavy atom. The first kappa shape index (κ1) is 23.1. The van der Waals surface area contributed by atoms with Crippen LogP contribution in [0.4, 0.5) is 0 Å². The molecule has 0 aliphatic heterocycles. The quantitative estimate of drug-likeness (QED) is 0.493. The number of hydrazine groups is 1. The van der Waals surface area contributed by atoms with Gasteiger partial charge in [-0.15, -0.1) is 0 Å². The summed E-state index contributed by atoms with van der Waals surface area (Å²) >= 11 is 0. The molecule has 2 rings (SSSR count). The van der Waals surface area contributed by atoms with E-state index in [1.165, 1.54) is 34.6 Å². The summed E-state index contributed by atoms with van der Waals surface area (Å²) < 4.78 is 31.6. The minimum Gasteiger partial charge on any atom is -0.497 e. The lowest BCUT2D eigenvalue weighted by Gasteiger charge is -2.18. The van der Waals surface area contributed by atoms with Crippen LogP contribution in [0, 0.1) is 0 Å². The first-order valence-electron chi connectivity index (χ1n) is 9.34. The topological polar surface area (TPSA) is 105 Å². The van der Waals surface area contributed by atoms with Gasteiger partial charge in [0, 0.05) is 24.7 Å². The maximum atomic E-state index is 12.6. The fourth-order valence-corrected chi connectivity index (χ4v) is 4.13. The highest BCUT2D eigenvalue weighted by Crippen LogP contribution is 2.17. The molecular formula is C21H25N3O5S. The van der Waals surface area contributed by atoms with Crippen molar-refractivity contribution in [3.63, 3.8) is 0 Å². The molecule has 0 atom stereocenters. The summed E-state index contributed by atoms with van der Waals surface area (Å²) in [5, 5.41) is 0. The van der Waals surface area contributed by atoms with E-state index in [0.29, 0.717) is 18.8 Å². The van der Waals surface area contributed by atoms with E-state index < -0.39 is 21.8 Å². The summed E-state index contributed by atoms with van der Waals surface area (Å²) in [5.41, 5.74) is 5.44. The van der Waals surface area contributed by atoms with Gasteiger partial charge in [0.05, 0.1) is 12.0 Å². The summed E-state index contributed by atoms with van der Waals surface area (Å²) in [6, 6.07) is 12.7. The van der Waals surface area contributed by atoms with Crippen LogP contribution in [0.15, 0.2) is 59.5 Å². The monoisotopic (exact) mass is 431 g/mol. The molecule has 2 aromatic carbocycles. The van der Waals surface area contributed by atoms with Crippen LogP contribution in [0.3, 0.4) is 0 Å². The fourth-order valence-electron chi connectivity index (χ4n) is 2.63. The Hall–Kier alpha value is -3.17. The number of hydrogen-bond donors (Lipinski definition) is 2. The molecule has 0 aromatic heterocycles. The van der Waals surface area contributed by atoms with E-state index in [1.807, 2.05) is 0 Å². The maximum absolute atomic E-state index is 12.6. The van der Waals surface area contributed by atoms with Gasteiger partial charge in [-0.1, -0.05) is 32.0 Å². The van der Waals surface area contributed by atoms with Crippen LogP contribution in [0.25, 0.3) is 6.08 Å². The van der Waals surface area contributed by atoms with E-state index in [4.69, 9.17) is 4.74 Å². The molecule has 0 aliphatic carbocycles. The highest BCUT2D eigenvalue weighted by atomic mass is 32.2. The Kier molecular flexibility index (Phi) is 8.14. The summed E-state index contributed by atoms with van der Waals surface area (Å²) in [6.45, 7) is 4.14. The molecule has 160 valence electrons. The molecule has 0 bridgehead atoms. The van der Waals surface area contributed by atoms with Crippen molar-refractivity contribution in [1.82, 2.24) is 15.2 Å². The zero-order valence-electron chi connectivity index (χ0n) is 17.1. The van der Waals surface area contributed by atoms with E-state index in [9.17, 15) is 18.0 Å². The van der Waals surface area contributed by atoms with Crippen molar-refractivity contribution in [1.29, 1.82) is 0 Å². The highest BCUT2D eigenvalue weighted by molar-refractivity contribution is 7.89. The second-order valence-electron chi connectivity index (χ2n) is 6.17. The molecule has 2 N–H and O–H groups in total. The zero-order valence-corrected chi connectivity index (χ0v) is 17.9. The molecule has 2 amide bonds. The number of benzene rings is 2. The first-order valence-corrected chi connectivity index (χ1v) is 10.8. The van der Waals surface area contributed by atoms with Crippen LogP contribution in [0.5, 0.6) is 5.75 Å². The predicted molar refractivity (Wildman–Crippen MR) is 114 cm³/mol. The van der Waals surface area contributed by atoms with Crippen molar-refractivity contribution in [3.8, 4) is 5.75 Å². The van der Waals surface area contributed by atoms with Gasteiger partial charge in [-0.3, -0.25) is 20.4 Å². The van der Waals surface area contributed by atoms with Crippen molar-refractivity contribution < 1.29 is 22.7 Å². The van der Waals surface area contributed by atoms with Gasteiger partial charge in [-0.25, -0.2) is 8.42 Å². The molecule has 30 heavy (non-hydrogen) atoms. The molecule has 0 fully saturated rings. The number of rotatable bonds is 8. The lowest BCUT2D eigenvalue weighted by molar-refractivity contribution is -0.117. The van der Waals surface area contributed by atoms with Crippen molar-refractivity contribution in [2.24, 2.45) is 0 Å². The number of carbonyl (C=O) groups excluding carboxylic acids is 2. The van der Waals surface area contributed by atoms with Gasteiger partial charge in [0.15, 0.2) is 0 Å². The molecular weight excluding hydrogens is 406 g/mol. The van der Waals surface area contributed by atoms with Gasteiger partial charge in [0.2, 0.25) is 10.0 Å². The Morgan fingerprint density at radius 2 is 1.70 bits per heavy atom. The third-order valence-electron chi connectivity index (χ3n) is 4.28. The van der Waals surface area contributed by atoms with Crippen LogP contribution < -0.4 is 15.6 Å². The van der Waals surface area contributed by atoms with Gasteiger partial charge in [-0.05, 0) is 42.0 Å². The van der Waals surface area contributed by atoms with Crippen molar-refractivity contribution in [2.75, 3.05) is 20.2 Å². The lowest BCUT2D eigenvalue weighted by Crippen LogP contribution is -2.40. The molecule has 0 radical (unpaired) electrons. The molecule has 0 aliphatic rings. The minimum absolute atomic E-state index is 0.0181. The fraction of sp³-hybridized carbons (Fsp3) is 0.238. The summed E-state index contributed by atoms with van der Waals surface area (Å²) in [4.78, 5) is 24.3. The standard InChI is InChI=1S/C21H25N3O5S/c1-4-24(5-2)30(27,28)19-8-6-7-17(15-19)21(26)23-22-20(25)14-11-16-9-12-18(29-3)13-10-16/h6-15H,4-5H2,1-3H3,(H,22,25)(H,23,26)/b14-11+. The maximum Gasteiger partial charge on any atom is 0.269 e. The Labute approximate surface area is 176 Å². The SMILES string of the molecule is CCN(CC)S(=O)(=O)c1cccc(C(=O)NNC(=O)/C=C/c2ccc(OC)cc2)c1. The third-order valence-corrected chi connectivity index (χ3v) is 6.33. The number of methoxy groups -OCH3 is 1. The van der Waals surface area contributed by atoms with E-state index in [2.05, 4.69) is 10.9 Å². The predicted octanol–water partition coefficient (Wildman–Crippen LogP) is 2.20. The first-order chi connectivity index (χ1) is 14.3. The molecule has 0 saturated carbocycles. The summed E-state index contributed by atoms with van der Waals surface area (Å²) in [5.74, 6) is -0.460. The van der Waals surface area contributed by atoms with Crippen molar-refractivity contribution in [3.05, 3.63) is 65.7 Å². The van der Waals surface area contributed by atoms with Gasteiger partial charge in [0.1, 0.15) is 5.75 Å². The minimum atomic E-state index is -3.69. The summed E-state index contributed by atoms with van der Waals surface area (Å²) in [7, 11) is -2.12. The number of carbonyl (C=O) groups is 2. The molecule has 8 nitrogen and oxygen atoms in total. The van der Waals surface area contributed by atoms with Gasteiger partial charge < -0.3 is 4.74 Å². The smallest absolute Gasteiger partial charge is 0.269 e. The van der Waals surface area contributed by atoms with E-state index >= 15 is 0 Å². The van der Waals surface area contributed by atoms with Gasteiger partial charge in [-0.2, -0.15) is 4.31 Å². The van der Waals surface area contributed by atoms with Crippen LogP contribution >= 0.6 is 0 Å². The Morgan fingerprint density at radius 1 is 1.03 bits per heavy atom. The number of sulfonamides is 1. The molecule has 0 unspecified atom stereocenters. The third kappa shape index (κ3) is 5.91. The molecule has 2 aromatic rings. The molecule has 0 heterocycles. The zero-order chi connectivity index (χ0) is 22.1. The normalized spacial score (nSPS) is 11.5. The van der Waals surface area contributed by atoms with Crippen LogP contribution in [0.1, 0.15) is 29.8 Å². The van der Waals surface area contributed by atoms with Crippen molar-refractivity contribution in [2.45, 2.75) is 18.7 Å². The summed E-state index contributed by atoms with van der Waals surface area (Å²) in [6.07, 6.45) is 2.85. The lowest BCUT2D eigenvalue weighted by atomic mass is 10.2. The highest BCUT2D eigenvalue weighted by Gasteiger charge is 2.22. The van der Waals surface area contributed by atoms with Crippen molar-refractivity contribution >= 4 is 27.9 Å². The number of nitrogens with one attached hydrogen (secondary N) is 2. The van der Waals surface area contributed by atoms with E-state index in [0.717, 1.165) is 5.56 Å². The van der Waals surface area contributed by atoms with Crippen LogP contribution in [-0.4, -0.2) is 44.7 Å². The number of amides is 2.